The third-order valence-corrected chi connectivity index (χ3v) is 4.90. The second-order valence-electron chi connectivity index (χ2n) is 6.87. The normalized spacial score (nSPS) is 10.9. The number of aromatic nitrogens is 1. The van der Waals surface area contributed by atoms with E-state index in [2.05, 4.69) is 12.2 Å². The predicted molar refractivity (Wildman–Crippen MR) is 109 cm³/mol. The number of carbonyl (C=O) groups excluding carboxylic acids is 2. The van der Waals surface area contributed by atoms with E-state index in [0.29, 0.717) is 18.7 Å². The van der Waals surface area contributed by atoms with Gasteiger partial charge < -0.3 is 9.88 Å². The lowest BCUT2D eigenvalue weighted by atomic mass is 10.0. The van der Waals surface area contributed by atoms with Crippen LogP contribution in [0, 0.1) is 0 Å². The first-order valence-electron chi connectivity index (χ1n) is 9.52. The zero-order valence-electron chi connectivity index (χ0n) is 16.0. The van der Waals surface area contributed by atoms with E-state index in [-0.39, 0.29) is 18.1 Å². The quantitative estimate of drug-likeness (QED) is 0.604. The van der Waals surface area contributed by atoms with Gasteiger partial charge in [-0.15, -0.1) is 0 Å². The summed E-state index contributed by atoms with van der Waals surface area (Å²) in [5, 5.41) is 3.95. The smallest absolute Gasteiger partial charge is 0.224 e. The molecule has 0 radical (unpaired) electrons. The highest BCUT2D eigenvalue weighted by atomic mass is 16.1. The van der Waals surface area contributed by atoms with Crippen LogP contribution >= 0.6 is 0 Å². The van der Waals surface area contributed by atoms with E-state index >= 15 is 0 Å². The van der Waals surface area contributed by atoms with Gasteiger partial charge in [-0.2, -0.15) is 0 Å². The van der Waals surface area contributed by atoms with Crippen molar-refractivity contribution >= 4 is 22.6 Å². The van der Waals surface area contributed by atoms with Gasteiger partial charge in [0.1, 0.15) is 0 Å². The summed E-state index contributed by atoms with van der Waals surface area (Å²) in [4.78, 5) is 25.4. The zero-order valence-corrected chi connectivity index (χ0v) is 16.0. The van der Waals surface area contributed by atoms with Crippen molar-refractivity contribution in [1.29, 1.82) is 0 Å². The van der Waals surface area contributed by atoms with E-state index in [4.69, 9.17) is 0 Å². The van der Waals surface area contributed by atoms with Crippen molar-refractivity contribution in [2.45, 2.75) is 39.2 Å². The summed E-state index contributed by atoms with van der Waals surface area (Å²) < 4.78 is 1.94. The van der Waals surface area contributed by atoms with Gasteiger partial charge in [-0.25, -0.2) is 0 Å². The van der Waals surface area contributed by atoms with Crippen molar-refractivity contribution in [1.82, 2.24) is 9.88 Å². The van der Waals surface area contributed by atoms with Crippen molar-refractivity contribution in [2.75, 3.05) is 0 Å². The van der Waals surface area contributed by atoms with Crippen LogP contribution in [-0.4, -0.2) is 16.3 Å². The maximum atomic E-state index is 12.8. The van der Waals surface area contributed by atoms with Gasteiger partial charge in [0.15, 0.2) is 5.78 Å². The van der Waals surface area contributed by atoms with Crippen LogP contribution in [0.3, 0.4) is 0 Å². The Labute approximate surface area is 160 Å². The van der Waals surface area contributed by atoms with Crippen LogP contribution in [0.4, 0.5) is 0 Å². The molecule has 0 atom stereocenters. The van der Waals surface area contributed by atoms with Crippen molar-refractivity contribution in [3.63, 3.8) is 0 Å². The largest absolute Gasteiger partial charge is 0.352 e. The van der Waals surface area contributed by atoms with Crippen LogP contribution in [0.2, 0.25) is 0 Å². The van der Waals surface area contributed by atoms with E-state index in [1.807, 2.05) is 66.2 Å². The van der Waals surface area contributed by atoms with Gasteiger partial charge in [0.25, 0.3) is 0 Å². The Balaban J connectivity index is 1.85. The zero-order chi connectivity index (χ0) is 19.2. The molecule has 3 rings (SSSR count). The topological polar surface area (TPSA) is 51.1 Å². The fourth-order valence-electron chi connectivity index (χ4n) is 3.48. The molecule has 0 aliphatic rings. The van der Waals surface area contributed by atoms with Crippen LogP contribution in [0.5, 0.6) is 0 Å². The van der Waals surface area contributed by atoms with Crippen LogP contribution < -0.4 is 5.32 Å². The first kappa shape index (κ1) is 18.9. The number of ketones is 1. The first-order valence-corrected chi connectivity index (χ1v) is 9.52. The minimum atomic E-state index is -0.0697. The fraction of sp³-hybridized carbons (Fsp3) is 0.304. The molecule has 1 aromatic heterocycles. The third kappa shape index (κ3) is 4.27. The molecular formula is C23H26N2O2. The monoisotopic (exact) mass is 362 g/mol. The van der Waals surface area contributed by atoms with E-state index in [0.717, 1.165) is 34.9 Å². The van der Waals surface area contributed by atoms with Gasteiger partial charge in [0, 0.05) is 30.9 Å². The molecule has 2 aromatic carbocycles. The number of amides is 1. The maximum absolute atomic E-state index is 12.8. The van der Waals surface area contributed by atoms with Crippen molar-refractivity contribution in [2.24, 2.45) is 7.05 Å². The molecule has 0 unspecified atom stereocenters. The fourth-order valence-corrected chi connectivity index (χ4v) is 3.48. The summed E-state index contributed by atoms with van der Waals surface area (Å²) in [5.74, 6) is 0.0427. The van der Waals surface area contributed by atoms with Crippen LogP contribution in [0.25, 0.3) is 10.9 Å². The number of hydrogen-bond donors (Lipinski definition) is 1. The average Bonchev–Trinajstić information content (AvgIpc) is 2.97. The number of Topliss-reactive ketones (excluding diaryl/α,β-unsaturated/α-hetero) is 1. The molecule has 1 heterocycles. The molecule has 0 aliphatic heterocycles. The summed E-state index contributed by atoms with van der Waals surface area (Å²) in [6.45, 7) is 2.57. The summed E-state index contributed by atoms with van der Waals surface area (Å²) in [5.41, 5.74) is 3.55. The van der Waals surface area contributed by atoms with Crippen molar-refractivity contribution in [3.8, 4) is 0 Å². The summed E-state index contributed by atoms with van der Waals surface area (Å²) in [6, 6.07) is 17.7. The Hall–Kier alpha value is -2.88. The van der Waals surface area contributed by atoms with Crippen molar-refractivity contribution in [3.05, 3.63) is 71.4 Å². The average molecular weight is 362 g/mol. The molecule has 3 aromatic rings. The Bertz CT molecular complexity index is 942. The van der Waals surface area contributed by atoms with E-state index in [1.54, 1.807) is 0 Å². The molecule has 0 spiro atoms. The number of aryl methyl sites for hydroxylation is 1. The molecule has 0 saturated carbocycles. The molecule has 0 bridgehead atoms. The van der Waals surface area contributed by atoms with E-state index < -0.39 is 0 Å². The Morgan fingerprint density at radius 1 is 1.00 bits per heavy atom. The van der Waals surface area contributed by atoms with Gasteiger partial charge in [-0.1, -0.05) is 61.9 Å². The lowest BCUT2D eigenvalue weighted by molar-refractivity contribution is -0.120. The lowest BCUT2D eigenvalue weighted by Crippen LogP contribution is -2.25. The number of carbonyl (C=O) groups is 2. The minimum Gasteiger partial charge on any atom is -0.352 e. The highest BCUT2D eigenvalue weighted by Crippen LogP contribution is 2.27. The molecule has 1 amide bonds. The summed E-state index contributed by atoms with van der Waals surface area (Å²) in [6.07, 6.45) is 2.56. The number of para-hydroxylation sites is 1. The Kier molecular flexibility index (Phi) is 6.07. The molecule has 0 aliphatic carbocycles. The molecular weight excluding hydrogens is 336 g/mol. The van der Waals surface area contributed by atoms with Gasteiger partial charge in [-0.3, -0.25) is 9.59 Å². The Morgan fingerprint density at radius 2 is 1.70 bits per heavy atom. The standard InChI is InChI=1S/C23H26N2O2/c1-3-4-14-21(26)23-19(18-12-8-9-13-20(18)25(23)2)15-22(27)24-16-17-10-6-5-7-11-17/h5-13H,3-4,14-16H2,1-2H3,(H,24,27). The van der Waals surface area contributed by atoms with Gasteiger partial charge in [0.2, 0.25) is 5.91 Å². The van der Waals surface area contributed by atoms with Gasteiger partial charge in [0.05, 0.1) is 12.1 Å². The van der Waals surface area contributed by atoms with Crippen LogP contribution in [0.15, 0.2) is 54.6 Å². The van der Waals surface area contributed by atoms with Crippen LogP contribution in [-0.2, 0) is 24.8 Å². The highest BCUT2D eigenvalue weighted by Gasteiger charge is 2.22. The first-order chi connectivity index (χ1) is 13.1. The molecule has 1 N–H and O–H groups in total. The molecule has 140 valence electrons. The molecule has 27 heavy (non-hydrogen) atoms. The third-order valence-electron chi connectivity index (χ3n) is 4.90. The number of nitrogens with one attached hydrogen (secondary N) is 1. The summed E-state index contributed by atoms with van der Waals surface area (Å²) in [7, 11) is 1.91. The molecule has 0 fully saturated rings. The number of hydrogen-bond acceptors (Lipinski definition) is 2. The predicted octanol–water partition coefficient (Wildman–Crippen LogP) is 4.41. The van der Waals surface area contributed by atoms with Crippen LogP contribution in [0.1, 0.15) is 47.8 Å². The maximum Gasteiger partial charge on any atom is 0.224 e. The SMILES string of the molecule is CCCCC(=O)c1c(CC(=O)NCc2ccccc2)c2ccccc2n1C. The number of benzene rings is 2. The second kappa shape index (κ2) is 8.67. The molecule has 4 heteroatoms. The van der Waals surface area contributed by atoms with Crippen molar-refractivity contribution < 1.29 is 9.59 Å². The highest BCUT2D eigenvalue weighted by molar-refractivity contribution is 6.04. The molecule has 4 nitrogen and oxygen atoms in total. The number of fused-ring (bicyclic) bond motifs is 1. The van der Waals surface area contributed by atoms with Gasteiger partial charge >= 0.3 is 0 Å². The van der Waals surface area contributed by atoms with Gasteiger partial charge in [-0.05, 0) is 23.6 Å². The van der Waals surface area contributed by atoms with E-state index in [1.165, 1.54) is 0 Å². The minimum absolute atomic E-state index is 0.0697. The van der Waals surface area contributed by atoms with E-state index in [9.17, 15) is 9.59 Å². The molecule has 0 saturated heterocycles. The number of unbranched alkanes of at least 4 members (excludes halogenated alkanes) is 1. The lowest BCUT2D eigenvalue weighted by Gasteiger charge is -2.08. The summed E-state index contributed by atoms with van der Waals surface area (Å²) >= 11 is 0. The number of rotatable bonds is 8. The second-order valence-corrected chi connectivity index (χ2v) is 6.87. The number of nitrogens with zero attached hydrogens (tertiary/aromatic N) is 1. The Morgan fingerprint density at radius 3 is 2.44 bits per heavy atom.